The first-order chi connectivity index (χ1) is 9.72. The van der Waals surface area contributed by atoms with Crippen LogP contribution in [-0.2, 0) is 6.54 Å². The van der Waals surface area contributed by atoms with Gasteiger partial charge in [0.2, 0.25) is 0 Å². The van der Waals surface area contributed by atoms with Crippen LogP contribution in [0.2, 0.25) is 0 Å². The van der Waals surface area contributed by atoms with Gasteiger partial charge in [0.05, 0.1) is 24.1 Å². The summed E-state index contributed by atoms with van der Waals surface area (Å²) in [4.78, 5) is 22.2. The van der Waals surface area contributed by atoms with E-state index >= 15 is 0 Å². The van der Waals surface area contributed by atoms with Crippen LogP contribution in [0.25, 0.3) is 15.2 Å². The second-order valence-electron chi connectivity index (χ2n) is 4.60. The van der Waals surface area contributed by atoms with Crippen molar-refractivity contribution >= 4 is 37.9 Å². The number of fused-ring (bicyclic) bond motifs is 2. The summed E-state index contributed by atoms with van der Waals surface area (Å²) < 4.78 is 4.29. The first-order valence-corrected chi connectivity index (χ1v) is 7.82. The normalized spacial score (nSPS) is 11.7. The molecule has 7 heteroatoms. The predicted octanol–water partition coefficient (Wildman–Crippen LogP) is 2.52. The van der Waals surface area contributed by atoms with Gasteiger partial charge in [0.25, 0.3) is 5.56 Å². The Labute approximate surface area is 121 Å². The van der Waals surface area contributed by atoms with Gasteiger partial charge >= 0.3 is 0 Å². The third-order valence-electron chi connectivity index (χ3n) is 3.20. The van der Waals surface area contributed by atoms with Crippen LogP contribution in [0.1, 0.15) is 11.3 Å². The number of aromatic nitrogens is 4. The van der Waals surface area contributed by atoms with E-state index in [9.17, 15) is 4.79 Å². The fraction of sp³-hybridized carbons (Fsp3) is 0.154. The van der Waals surface area contributed by atoms with Crippen LogP contribution < -0.4 is 5.56 Å². The molecule has 5 nitrogen and oxygen atoms in total. The number of imidazole rings is 1. The van der Waals surface area contributed by atoms with Crippen LogP contribution in [0, 0.1) is 6.92 Å². The van der Waals surface area contributed by atoms with Crippen LogP contribution in [0.4, 0.5) is 0 Å². The zero-order valence-electron chi connectivity index (χ0n) is 10.6. The molecule has 4 aromatic rings. The van der Waals surface area contributed by atoms with Crippen molar-refractivity contribution in [3.63, 3.8) is 0 Å². The average Bonchev–Trinajstić information content (AvgIpc) is 3.08. The number of nitrogens with zero attached hydrogens (tertiary/aromatic N) is 4. The molecule has 0 fully saturated rings. The van der Waals surface area contributed by atoms with Crippen molar-refractivity contribution in [1.29, 1.82) is 0 Å². The second-order valence-corrected chi connectivity index (χ2v) is 6.35. The van der Waals surface area contributed by atoms with Gasteiger partial charge < -0.3 is 0 Å². The summed E-state index contributed by atoms with van der Waals surface area (Å²) in [6, 6.07) is 0. The van der Waals surface area contributed by atoms with Crippen molar-refractivity contribution in [2.45, 2.75) is 13.5 Å². The summed E-state index contributed by atoms with van der Waals surface area (Å²) >= 11 is 3.03. The van der Waals surface area contributed by atoms with Crippen molar-refractivity contribution in [2.24, 2.45) is 0 Å². The van der Waals surface area contributed by atoms with Crippen LogP contribution in [0.3, 0.4) is 0 Å². The Hall–Kier alpha value is -1.99. The zero-order valence-corrected chi connectivity index (χ0v) is 12.2. The van der Waals surface area contributed by atoms with Gasteiger partial charge in [-0.05, 0) is 17.9 Å². The topological polar surface area (TPSA) is 52.2 Å². The van der Waals surface area contributed by atoms with E-state index in [-0.39, 0.29) is 5.56 Å². The molecule has 100 valence electrons. The molecule has 0 bridgehead atoms. The van der Waals surface area contributed by atoms with Gasteiger partial charge in [0, 0.05) is 17.8 Å². The summed E-state index contributed by atoms with van der Waals surface area (Å²) in [5.74, 6) is 0. The van der Waals surface area contributed by atoms with Gasteiger partial charge in [-0.3, -0.25) is 13.8 Å². The quantitative estimate of drug-likeness (QED) is 0.572. The number of thiazole rings is 1. The molecule has 4 heterocycles. The lowest BCUT2D eigenvalue weighted by Crippen LogP contribution is -2.20. The number of aryl methyl sites for hydroxylation is 1. The Morgan fingerprint density at radius 1 is 1.35 bits per heavy atom. The molecule has 0 atom stereocenters. The van der Waals surface area contributed by atoms with Crippen molar-refractivity contribution in [1.82, 2.24) is 18.9 Å². The Kier molecular flexibility index (Phi) is 2.51. The minimum absolute atomic E-state index is 0.00412. The van der Waals surface area contributed by atoms with Crippen LogP contribution in [0.15, 0.2) is 34.3 Å². The highest BCUT2D eigenvalue weighted by Crippen LogP contribution is 2.19. The molecule has 0 radical (unpaired) electrons. The first kappa shape index (κ1) is 11.8. The molecule has 4 aromatic heterocycles. The SMILES string of the molecule is Cc1csc2c(=O)n(Cc3cn4ccsc4n3)cnc12. The fourth-order valence-electron chi connectivity index (χ4n) is 2.20. The molecule has 0 spiro atoms. The Bertz CT molecular complexity index is 947. The minimum Gasteiger partial charge on any atom is -0.297 e. The molecule has 0 aliphatic rings. The Morgan fingerprint density at radius 3 is 3.10 bits per heavy atom. The highest BCUT2D eigenvalue weighted by molar-refractivity contribution is 7.17. The van der Waals surface area contributed by atoms with Crippen LogP contribution in [-0.4, -0.2) is 18.9 Å². The molecule has 0 aliphatic carbocycles. The molecule has 0 amide bonds. The smallest absolute Gasteiger partial charge is 0.271 e. The molecule has 0 aliphatic heterocycles. The predicted molar refractivity (Wildman–Crippen MR) is 80.8 cm³/mol. The first-order valence-electron chi connectivity index (χ1n) is 6.07. The molecule has 0 N–H and O–H groups in total. The number of hydrogen-bond acceptors (Lipinski definition) is 5. The minimum atomic E-state index is 0.00412. The molecule has 0 aromatic carbocycles. The number of thiophene rings is 1. The highest BCUT2D eigenvalue weighted by Gasteiger charge is 2.10. The summed E-state index contributed by atoms with van der Waals surface area (Å²) in [6.07, 6.45) is 5.52. The molecule has 20 heavy (non-hydrogen) atoms. The maximum Gasteiger partial charge on any atom is 0.271 e. The lowest BCUT2D eigenvalue weighted by atomic mass is 10.3. The van der Waals surface area contributed by atoms with E-state index in [1.165, 1.54) is 11.3 Å². The average molecular weight is 302 g/mol. The largest absolute Gasteiger partial charge is 0.297 e. The zero-order chi connectivity index (χ0) is 13.7. The summed E-state index contributed by atoms with van der Waals surface area (Å²) in [6.45, 7) is 2.42. The van der Waals surface area contributed by atoms with Crippen LogP contribution >= 0.6 is 22.7 Å². The Morgan fingerprint density at radius 2 is 2.25 bits per heavy atom. The van der Waals surface area contributed by atoms with Crippen molar-refractivity contribution in [2.75, 3.05) is 0 Å². The lowest BCUT2D eigenvalue weighted by Gasteiger charge is -2.02. The van der Waals surface area contributed by atoms with E-state index in [0.717, 1.165) is 21.7 Å². The molecule has 0 saturated carbocycles. The van der Waals surface area contributed by atoms with Gasteiger partial charge in [-0.15, -0.1) is 22.7 Å². The van der Waals surface area contributed by atoms with Crippen LogP contribution in [0.5, 0.6) is 0 Å². The molecule has 0 saturated heterocycles. The summed E-state index contributed by atoms with van der Waals surface area (Å²) in [7, 11) is 0. The van der Waals surface area contributed by atoms with E-state index in [1.807, 2.05) is 34.5 Å². The highest BCUT2D eigenvalue weighted by atomic mass is 32.1. The fourth-order valence-corrected chi connectivity index (χ4v) is 3.87. The van der Waals surface area contributed by atoms with Gasteiger partial charge in [-0.2, -0.15) is 0 Å². The third kappa shape index (κ3) is 1.70. The standard InChI is InChI=1S/C13H10N4OS2/c1-8-6-20-11-10(8)14-7-17(12(11)18)5-9-4-16-2-3-19-13(16)15-9/h2-4,6-7H,5H2,1H3. The van der Waals surface area contributed by atoms with E-state index in [0.29, 0.717) is 11.2 Å². The van der Waals surface area contributed by atoms with Gasteiger partial charge in [0.15, 0.2) is 4.96 Å². The maximum absolute atomic E-state index is 12.4. The van der Waals surface area contributed by atoms with E-state index in [1.54, 1.807) is 22.2 Å². The van der Waals surface area contributed by atoms with Gasteiger partial charge in [0.1, 0.15) is 4.70 Å². The van der Waals surface area contributed by atoms with Crippen molar-refractivity contribution in [3.05, 3.63) is 51.1 Å². The second kappa shape index (κ2) is 4.26. The van der Waals surface area contributed by atoms with Crippen molar-refractivity contribution in [3.8, 4) is 0 Å². The maximum atomic E-state index is 12.4. The monoisotopic (exact) mass is 302 g/mol. The molecular weight excluding hydrogens is 292 g/mol. The summed E-state index contributed by atoms with van der Waals surface area (Å²) in [5, 5.41) is 3.95. The van der Waals surface area contributed by atoms with E-state index in [4.69, 9.17) is 0 Å². The number of rotatable bonds is 2. The molecule has 4 rings (SSSR count). The van der Waals surface area contributed by atoms with Crippen molar-refractivity contribution < 1.29 is 0 Å². The summed E-state index contributed by atoms with van der Waals surface area (Å²) in [5.41, 5.74) is 2.73. The lowest BCUT2D eigenvalue weighted by molar-refractivity contribution is 0.735. The molecule has 0 unspecified atom stereocenters. The van der Waals surface area contributed by atoms with Gasteiger partial charge in [-0.25, -0.2) is 9.97 Å². The third-order valence-corrected chi connectivity index (χ3v) is 5.04. The van der Waals surface area contributed by atoms with E-state index < -0.39 is 0 Å². The van der Waals surface area contributed by atoms with E-state index in [2.05, 4.69) is 9.97 Å². The molecular formula is C13H10N4OS2. The number of hydrogen-bond donors (Lipinski definition) is 0. The Balaban J connectivity index is 1.80. The van der Waals surface area contributed by atoms with Gasteiger partial charge in [-0.1, -0.05) is 0 Å².